The maximum atomic E-state index is 12.5. The SMILES string of the molecule is COC(=O)C1(c2ccccc2)CCC1CN1CCCCC1. The summed E-state index contributed by atoms with van der Waals surface area (Å²) in [6, 6.07) is 10.2. The minimum atomic E-state index is -0.409. The van der Waals surface area contributed by atoms with Crippen molar-refractivity contribution in [1.82, 2.24) is 4.90 Å². The molecule has 1 aliphatic carbocycles. The largest absolute Gasteiger partial charge is 0.468 e. The molecule has 0 aromatic heterocycles. The van der Waals surface area contributed by atoms with Crippen molar-refractivity contribution in [3.05, 3.63) is 35.9 Å². The zero-order chi connectivity index (χ0) is 14.7. The molecular formula is C18H25NO2. The first-order valence-corrected chi connectivity index (χ1v) is 8.13. The van der Waals surface area contributed by atoms with Crippen molar-refractivity contribution < 1.29 is 9.53 Å². The molecule has 1 heterocycles. The molecule has 2 atom stereocenters. The molecule has 2 unspecified atom stereocenters. The van der Waals surface area contributed by atoms with Gasteiger partial charge in [0.05, 0.1) is 12.5 Å². The zero-order valence-corrected chi connectivity index (χ0v) is 12.9. The second-order valence-corrected chi connectivity index (χ2v) is 6.43. The van der Waals surface area contributed by atoms with Crippen molar-refractivity contribution in [3.8, 4) is 0 Å². The van der Waals surface area contributed by atoms with Crippen molar-refractivity contribution in [1.29, 1.82) is 0 Å². The van der Waals surface area contributed by atoms with Crippen LogP contribution in [0.3, 0.4) is 0 Å². The number of likely N-dealkylation sites (tertiary alicyclic amines) is 1. The molecule has 1 saturated carbocycles. The average Bonchev–Trinajstić information content (AvgIpc) is 2.54. The highest BCUT2D eigenvalue weighted by Gasteiger charge is 2.54. The standard InChI is InChI=1S/C18H25NO2/c1-21-17(20)18(15-8-4-2-5-9-15)11-10-16(18)14-19-12-6-3-7-13-19/h2,4-5,8-9,16H,3,6-7,10-14H2,1H3. The number of carbonyl (C=O) groups is 1. The van der Waals surface area contributed by atoms with Gasteiger partial charge in [-0.3, -0.25) is 4.79 Å². The summed E-state index contributed by atoms with van der Waals surface area (Å²) in [5.41, 5.74) is 0.720. The Morgan fingerprint density at radius 3 is 2.52 bits per heavy atom. The zero-order valence-electron chi connectivity index (χ0n) is 12.9. The molecule has 3 nitrogen and oxygen atoms in total. The van der Waals surface area contributed by atoms with E-state index >= 15 is 0 Å². The molecule has 2 fully saturated rings. The Morgan fingerprint density at radius 1 is 1.24 bits per heavy atom. The number of esters is 1. The van der Waals surface area contributed by atoms with Crippen LogP contribution in [0.4, 0.5) is 0 Å². The third kappa shape index (κ3) is 2.59. The Balaban J connectivity index is 1.81. The van der Waals surface area contributed by atoms with E-state index in [9.17, 15) is 4.79 Å². The summed E-state index contributed by atoms with van der Waals surface area (Å²) in [7, 11) is 1.52. The van der Waals surface area contributed by atoms with E-state index in [2.05, 4.69) is 17.0 Å². The molecule has 1 aromatic carbocycles. The Bertz CT molecular complexity index is 481. The second kappa shape index (κ2) is 6.18. The fourth-order valence-corrected chi connectivity index (χ4v) is 4.02. The lowest BCUT2D eigenvalue weighted by atomic mass is 9.56. The first-order valence-electron chi connectivity index (χ1n) is 8.13. The minimum Gasteiger partial charge on any atom is -0.468 e. The van der Waals surface area contributed by atoms with E-state index < -0.39 is 5.41 Å². The third-order valence-corrected chi connectivity index (χ3v) is 5.35. The summed E-state index contributed by atoms with van der Waals surface area (Å²) < 4.78 is 5.17. The quantitative estimate of drug-likeness (QED) is 0.797. The molecule has 0 radical (unpaired) electrons. The smallest absolute Gasteiger partial charge is 0.316 e. The summed E-state index contributed by atoms with van der Waals surface area (Å²) in [4.78, 5) is 15.1. The molecule has 1 aromatic rings. The lowest BCUT2D eigenvalue weighted by Gasteiger charge is -2.49. The van der Waals surface area contributed by atoms with E-state index in [4.69, 9.17) is 4.74 Å². The van der Waals surface area contributed by atoms with Gasteiger partial charge in [0.15, 0.2) is 0 Å². The number of rotatable bonds is 4. The van der Waals surface area contributed by atoms with Crippen LogP contribution in [0, 0.1) is 5.92 Å². The number of piperidine rings is 1. The maximum absolute atomic E-state index is 12.5. The lowest BCUT2D eigenvalue weighted by molar-refractivity contribution is -0.156. The van der Waals surface area contributed by atoms with E-state index in [1.807, 2.05) is 18.2 Å². The van der Waals surface area contributed by atoms with Crippen molar-refractivity contribution >= 4 is 5.97 Å². The number of benzene rings is 1. The number of ether oxygens (including phenoxy) is 1. The van der Waals surface area contributed by atoms with E-state index in [0.29, 0.717) is 5.92 Å². The highest BCUT2D eigenvalue weighted by Crippen LogP contribution is 2.50. The van der Waals surface area contributed by atoms with Gasteiger partial charge in [-0.25, -0.2) is 0 Å². The van der Waals surface area contributed by atoms with Gasteiger partial charge < -0.3 is 9.64 Å². The van der Waals surface area contributed by atoms with Gasteiger partial charge in [0, 0.05) is 6.54 Å². The number of hydrogen-bond donors (Lipinski definition) is 0. The summed E-state index contributed by atoms with van der Waals surface area (Å²) >= 11 is 0. The van der Waals surface area contributed by atoms with Gasteiger partial charge in [-0.15, -0.1) is 0 Å². The molecule has 0 spiro atoms. The molecular weight excluding hydrogens is 262 g/mol. The first kappa shape index (κ1) is 14.6. The van der Waals surface area contributed by atoms with Crippen LogP contribution in [0.15, 0.2) is 30.3 Å². The number of hydrogen-bond acceptors (Lipinski definition) is 3. The van der Waals surface area contributed by atoms with Crippen LogP contribution in [-0.2, 0) is 14.9 Å². The minimum absolute atomic E-state index is 0.0537. The van der Waals surface area contributed by atoms with Gasteiger partial charge in [0.1, 0.15) is 0 Å². The van der Waals surface area contributed by atoms with E-state index in [1.165, 1.54) is 39.5 Å². The molecule has 1 saturated heterocycles. The maximum Gasteiger partial charge on any atom is 0.316 e. The fourth-order valence-electron chi connectivity index (χ4n) is 4.02. The van der Waals surface area contributed by atoms with Crippen LogP contribution in [0.1, 0.15) is 37.7 Å². The highest BCUT2D eigenvalue weighted by molar-refractivity contribution is 5.85. The van der Waals surface area contributed by atoms with Gasteiger partial charge in [-0.1, -0.05) is 36.8 Å². The summed E-state index contributed by atoms with van der Waals surface area (Å²) in [5.74, 6) is 0.340. The topological polar surface area (TPSA) is 29.5 Å². The van der Waals surface area contributed by atoms with Crippen LogP contribution < -0.4 is 0 Å². The van der Waals surface area contributed by atoms with Gasteiger partial charge in [-0.05, 0) is 50.3 Å². The molecule has 0 N–H and O–H groups in total. The first-order chi connectivity index (χ1) is 10.3. The van der Waals surface area contributed by atoms with Gasteiger partial charge in [0.2, 0.25) is 0 Å². The van der Waals surface area contributed by atoms with Crippen LogP contribution in [0.25, 0.3) is 0 Å². The summed E-state index contributed by atoms with van der Waals surface area (Å²) in [5, 5.41) is 0. The Morgan fingerprint density at radius 2 is 1.95 bits per heavy atom. The molecule has 0 bridgehead atoms. The molecule has 2 aliphatic rings. The van der Waals surface area contributed by atoms with Crippen molar-refractivity contribution in [2.24, 2.45) is 5.92 Å². The van der Waals surface area contributed by atoms with Gasteiger partial charge in [0.25, 0.3) is 0 Å². The third-order valence-electron chi connectivity index (χ3n) is 5.35. The van der Waals surface area contributed by atoms with Gasteiger partial charge >= 0.3 is 5.97 Å². The Kier molecular flexibility index (Phi) is 4.29. The van der Waals surface area contributed by atoms with E-state index in [1.54, 1.807) is 0 Å². The van der Waals surface area contributed by atoms with Crippen LogP contribution in [0.2, 0.25) is 0 Å². The Hall–Kier alpha value is -1.35. The Labute approximate surface area is 127 Å². The molecule has 3 rings (SSSR count). The molecule has 1 aliphatic heterocycles. The van der Waals surface area contributed by atoms with Crippen molar-refractivity contribution in [2.75, 3.05) is 26.7 Å². The molecule has 114 valence electrons. The molecule has 0 amide bonds. The lowest BCUT2D eigenvalue weighted by Crippen LogP contribution is -2.55. The van der Waals surface area contributed by atoms with Crippen molar-refractivity contribution in [3.63, 3.8) is 0 Å². The average molecular weight is 287 g/mol. The number of methoxy groups -OCH3 is 1. The number of carbonyl (C=O) groups excluding carboxylic acids is 1. The van der Waals surface area contributed by atoms with E-state index in [0.717, 1.165) is 24.9 Å². The summed E-state index contributed by atoms with van der Waals surface area (Å²) in [6.07, 6.45) is 5.98. The normalized spacial score (nSPS) is 29.7. The molecule has 21 heavy (non-hydrogen) atoms. The second-order valence-electron chi connectivity index (χ2n) is 6.43. The summed E-state index contributed by atoms with van der Waals surface area (Å²) in [6.45, 7) is 3.40. The van der Waals surface area contributed by atoms with Gasteiger partial charge in [-0.2, -0.15) is 0 Å². The fraction of sp³-hybridized carbons (Fsp3) is 0.611. The predicted molar refractivity (Wildman–Crippen MR) is 83.2 cm³/mol. The van der Waals surface area contributed by atoms with Crippen LogP contribution >= 0.6 is 0 Å². The predicted octanol–water partition coefficient (Wildman–Crippen LogP) is 2.99. The van der Waals surface area contributed by atoms with Crippen LogP contribution in [0.5, 0.6) is 0 Å². The monoisotopic (exact) mass is 287 g/mol. The van der Waals surface area contributed by atoms with Crippen LogP contribution in [-0.4, -0.2) is 37.6 Å². The van der Waals surface area contributed by atoms with Crippen molar-refractivity contribution in [2.45, 2.75) is 37.5 Å². The number of nitrogens with zero attached hydrogens (tertiary/aromatic N) is 1. The molecule has 3 heteroatoms. The van der Waals surface area contributed by atoms with E-state index in [-0.39, 0.29) is 5.97 Å². The highest BCUT2D eigenvalue weighted by atomic mass is 16.5.